The Kier molecular flexibility index (Phi) is 4.10. The third-order valence-electron chi connectivity index (χ3n) is 3.24. The zero-order chi connectivity index (χ0) is 14.0. The molecule has 1 aromatic carbocycles. The lowest BCUT2D eigenvalue weighted by Gasteiger charge is -2.16. The fourth-order valence-electron chi connectivity index (χ4n) is 1.73. The molecule has 1 aromatic rings. The highest BCUT2D eigenvalue weighted by Crippen LogP contribution is 2.20. The molecule has 0 radical (unpaired) electrons. The molecule has 1 fully saturated rings. The highest BCUT2D eigenvalue weighted by atomic mass is 32.2. The number of benzene rings is 1. The maximum Gasteiger partial charge on any atom is 0.236 e. The molecular formula is C13H19FN2O2S. The monoisotopic (exact) mass is 286 g/mol. The fourth-order valence-corrected chi connectivity index (χ4v) is 2.78. The molecule has 1 unspecified atom stereocenters. The zero-order valence-electron chi connectivity index (χ0n) is 11.1. The van der Waals surface area contributed by atoms with Crippen LogP contribution in [0.3, 0.4) is 0 Å². The Hall–Kier alpha value is -1.14. The number of hydrogen-bond donors (Lipinski definition) is 2. The lowest BCUT2D eigenvalue weighted by atomic mass is 10.2. The maximum absolute atomic E-state index is 13.0. The van der Waals surface area contributed by atoms with E-state index in [0.717, 1.165) is 12.8 Å². The molecule has 6 heteroatoms. The first-order valence-corrected chi connectivity index (χ1v) is 7.94. The number of anilines is 1. The van der Waals surface area contributed by atoms with Crippen molar-refractivity contribution in [2.75, 3.05) is 11.3 Å². The van der Waals surface area contributed by atoms with E-state index in [0.29, 0.717) is 23.8 Å². The maximum atomic E-state index is 13.0. The van der Waals surface area contributed by atoms with E-state index in [1.165, 1.54) is 18.2 Å². The van der Waals surface area contributed by atoms with Crippen LogP contribution in [0.25, 0.3) is 0 Å². The van der Waals surface area contributed by atoms with E-state index < -0.39 is 15.3 Å². The molecule has 0 aromatic heterocycles. The Morgan fingerprint density at radius 2 is 2.11 bits per heavy atom. The van der Waals surface area contributed by atoms with Crippen LogP contribution < -0.4 is 10.0 Å². The molecule has 4 nitrogen and oxygen atoms in total. The van der Waals surface area contributed by atoms with Gasteiger partial charge in [0.15, 0.2) is 0 Å². The number of rotatable bonds is 6. The van der Waals surface area contributed by atoms with Gasteiger partial charge in [-0.3, -0.25) is 4.72 Å². The Labute approximate surface area is 113 Å². The average Bonchev–Trinajstić information content (AvgIpc) is 3.13. The summed E-state index contributed by atoms with van der Waals surface area (Å²) < 4.78 is 39.7. The lowest BCUT2D eigenvalue weighted by molar-refractivity contribution is 0.576. The molecule has 0 spiro atoms. The Balaban J connectivity index is 2.02. The quantitative estimate of drug-likeness (QED) is 0.841. The van der Waals surface area contributed by atoms with Crippen molar-refractivity contribution in [1.29, 1.82) is 0 Å². The third kappa shape index (κ3) is 3.91. The van der Waals surface area contributed by atoms with E-state index in [2.05, 4.69) is 10.0 Å². The molecule has 106 valence electrons. The Bertz CT molecular complexity index is 556. The minimum absolute atomic E-state index is 0.371. The van der Waals surface area contributed by atoms with Gasteiger partial charge in [-0.15, -0.1) is 0 Å². The number of hydrogen-bond acceptors (Lipinski definition) is 3. The first kappa shape index (κ1) is 14.3. The van der Waals surface area contributed by atoms with Crippen LogP contribution in [0.15, 0.2) is 18.2 Å². The van der Waals surface area contributed by atoms with Crippen molar-refractivity contribution in [3.63, 3.8) is 0 Å². The van der Waals surface area contributed by atoms with E-state index >= 15 is 0 Å². The molecule has 0 amide bonds. The predicted octanol–water partition coefficient (Wildman–Crippen LogP) is 2.02. The average molecular weight is 286 g/mol. The number of halogens is 1. The number of sulfonamides is 1. The molecule has 0 heterocycles. The van der Waals surface area contributed by atoms with Gasteiger partial charge in [-0.05, 0) is 50.5 Å². The predicted molar refractivity (Wildman–Crippen MR) is 74.2 cm³/mol. The second kappa shape index (κ2) is 5.46. The Morgan fingerprint density at radius 3 is 2.68 bits per heavy atom. The van der Waals surface area contributed by atoms with Gasteiger partial charge in [-0.2, -0.15) is 0 Å². The number of nitrogens with one attached hydrogen (secondary N) is 2. The molecule has 0 aliphatic heterocycles. The fraction of sp³-hybridized carbons (Fsp3) is 0.538. The van der Waals surface area contributed by atoms with Crippen molar-refractivity contribution in [2.45, 2.75) is 38.0 Å². The van der Waals surface area contributed by atoms with Crippen molar-refractivity contribution in [3.8, 4) is 0 Å². The van der Waals surface area contributed by atoms with Crippen molar-refractivity contribution in [2.24, 2.45) is 0 Å². The summed E-state index contributed by atoms with van der Waals surface area (Å²) in [5.41, 5.74) is 1.01. The normalized spacial score (nSPS) is 17.2. The minimum Gasteiger partial charge on any atom is -0.313 e. The second-order valence-corrected chi connectivity index (χ2v) is 7.20. The van der Waals surface area contributed by atoms with Crippen LogP contribution in [0.5, 0.6) is 0 Å². The molecule has 0 bridgehead atoms. The van der Waals surface area contributed by atoms with Gasteiger partial charge in [-0.1, -0.05) is 0 Å². The van der Waals surface area contributed by atoms with Crippen LogP contribution >= 0.6 is 0 Å². The van der Waals surface area contributed by atoms with Crippen molar-refractivity contribution < 1.29 is 12.8 Å². The molecule has 1 aliphatic carbocycles. The second-order valence-electron chi connectivity index (χ2n) is 5.10. The third-order valence-corrected chi connectivity index (χ3v) is 4.97. The highest BCUT2D eigenvalue weighted by molar-refractivity contribution is 7.93. The van der Waals surface area contributed by atoms with Crippen LogP contribution in [-0.2, 0) is 10.0 Å². The van der Waals surface area contributed by atoms with Crippen LogP contribution in [-0.4, -0.2) is 26.3 Å². The van der Waals surface area contributed by atoms with E-state index in [9.17, 15) is 12.8 Å². The molecular weight excluding hydrogens is 267 g/mol. The summed E-state index contributed by atoms with van der Waals surface area (Å²) in [4.78, 5) is 0. The van der Waals surface area contributed by atoms with Gasteiger partial charge in [0.05, 0.1) is 10.9 Å². The van der Waals surface area contributed by atoms with Gasteiger partial charge < -0.3 is 5.32 Å². The summed E-state index contributed by atoms with van der Waals surface area (Å²) in [5.74, 6) is -0.371. The Morgan fingerprint density at radius 1 is 1.42 bits per heavy atom. The summed E-state index contributed by atoms with van der Waals surface area (Å²) in [6.45, 7) is 3.77. The van der Waals surface area contributed by atoms with Crippen molar-refractivity contribution in [1.82, 2.24) is 5.32 Å². The van der Waals surface area contributed by atoms with Crippen LogP contribution in [0, 0.1) is 12.7 Å². The highest BCUT2D eigenvalue weighted by Gasteiger charge is 2.26. The van der Waals surface area contributed by atoms with E-state index in [1.54, 1.807) is 13.8 Å². The molecule has 1 aliphatic rings. The van der Waals surface area contributed by atoms with Crippen molar-refractivity contribution in [3.05, 3.63) is 29.6 Å². The number of aryl methyl sites for hydroxylation is 1. The molecule has 2 N–H and O–H groups in total. The van der Waals surface area contributed by atoms with Gasteiger partial charge in [0.25, 0.3) is 0 Å². The first-order valence-electron chi connectivity index (χ1n) is 6.39. The van der Waals surface area contributed by atoms with E-state index in [1.807, 2.05) is 0 Å². The van der Waals surface area contributed by atoms with E-state index in [4.69, 9.17) is 0 Å². The first-order chi connectivity index (χ1) is 8.88. The van der Waals surface area contributed by atoms with Crippen LogP contribution in [0.2, 0.25) is 0 Å². The SMILES string of the molecule is Cc1cc(F)ccc1NS(=O)(=O)C(C)CNC1CC1. The van der Waals surface area contributed by atoms with Gasteiger partial charge in [0, 0.05) is 12.6 Å². The summed E-state index contributed by atoms with van der Waals surface area (Å²) in [6.07, 6.45) is 2.24. The van der Waals surface area contributed by atoms with Crippen LogP contribution in [0.4, 0.5) is 10.1 Å². The summed E-state index contributed by atoms with van der Waals surface area (Å²) >= 11 is 0. The van der Waals surface area contributed by atoms with Gasteiger partial charge in [-0.25, -0.2) is 12.8 Å². The summed E-state index contributed by atoms with van der Waals surface area (Å²) in [6, 6.07) is 4.48. The topological polar surface area (TPSA) is 58.2 Å². The largest absolute Gasteiger partial charge is 0.313 e. The summed E-state index contributed by atoms with van der Waals surface area (Å²) in [7, 11) is -3.45. The van der Waals surface area contributed by atoms with Gasteiger partial charge in [0.2, 0.25) is 10.0 Å². The standard InChI is InChI=1S/C13H19FN2O2S/c1-9-7-11(14)3-6-13(9)16-19(17,18)10(2)8-15-12-4-5-12/h3,6-7,10,12,15-16H,4-5,8H2,1-2H3. The molecule has 2 rings (SSSR count). The zero-order valence-corrected chi connectivity index (χ0v) is 11.9. The molecule has 0 saturated heterocycles. The lowest BCUT2D eigenvalue weighted by Crippen LogP contribution is -2.35. The van der Waals surface area contributed by atoms with Gasteiger partial charge in [0.1, 0.15) is 5.82 Å². The van der Waals surface area contributed by atoms with Crippen LogP contribution in [0.1, 0.15) is 25.3 Å². The molecule has 1 saturated carbocycles. The smallest absolute Gasteiger partial charge is 0.236 e. The van der Waals surface area contributed by atoms with E-state index in [-0.39, 0.29) is 5.82 Å². The van der Waals surface area contributed by atoms with Crippen molar-refractivity contribution >= 4 is 15.7 Å². The summed E-state index contributed by atoms with van der Waals surface area (Å²) in [5, 5.41) is 2.66. The molecule has 1 atom stereocenters. The molecule has 19 heavy (non-hydrogen) atoms. The van der Waals surface area contributed by atoms with Gasteiger partial charge >= 0.3 is 0 Å². The minimum atomic E-state index is -3.45.